The topological polar surface area (TPSA) is 129 Å². The SMILES string of the molecule is CCOC(=O)C1=C(C)NC(C)=C(C(=O)OCC)C1c1ccc(-c2ccc(C3C(C(=O)OCC)=C(C)NC(C)=C3C(=O)OCC)cc2)cc1. The van der Waals surface area contributed by atoms with E-state index in [4.69, 9.17) is 18.9 Å². The van der Waals surface area contributed by atoms with E-state index in [0.717, 1.165) is 22.3 Å². The maximum atomic E-state index is 13.2. The largest absolute Gasteiger partial charge is 0.463 e. The van der Waals surface area contributed by atoms with Crippen molar-refractivity contribution in [1.29, 1.82) is 0 Å². The Balaban J connectivity index is 1.74. The van der Waals surface area contributed by atoms with E-state index in [0.29, 0.717) is 45.1 Å². The molecule has 0 aromatic heterocycles. The molecule has 2 aromatic carbocycles. The monoisotopic (exact) mass is 656 g/mol. The summed E-state index contributed by atoms with van der Waals surface area (Å²) in [5.74, 6) is -3.38. The summed E-state index contributed by atoms with van der Waals surface area (Å²) in [5.41, 5.74) is 7.09. The molecule has 2 N–H and O–H groups in total. The zero-order chi connectivity index (χ0) is 35.1. The van der Waals surface area contributed by atoms with Crippen LogP contribution in [0.25, 0.3) is 11.1 Å². The van der Waals surface area contributed by atoms with Crippen LogP contribution in [0, 0.1) is 0 Å². The lowest BCUT2D eigenvalue weighted by atomic mass is 9.79. The number of nitrogens with one attached hydrogen (secondary N) is 2. The molecule has 4 rings (SSSR count). The third kappa shape index (κ3) is 7.22. The number of hydrogen-bond donors (Lipinski definition) is 2. The standard InChI is InChI=1S/C38H44N2O8/c1-9-45-35(41)29-21(5)39-22(6)30(36(42)46-10-2)33(29)27-17-13-25(14-18-27)26-15-19-28(20-16-26)34-31(37(43)47-11-3)23(7)40-24(8)32(34)38(44)48-12-4/h13-20,33-34,39-40H,9-12H2,1-8H3. The molecule has 2 aliphatic heterocycles. The van der Waals surface area contributed by atoms with Gasteiger partial charge in [0, 0.05) is 22.8 Å². The van der Waals surface area contributed by atoms with Gasteiger partial charge >= 0.3 is 23.9 Å². The van der Waals surface area contributed by atoms with E-state index in [1.807, 2.05) is 48.5 Å². The predicted molar refractivity (Wildman–Crippen MR) is 181 cm³/mol. The summed E-state index contributed by atoms with van der Waals surface area (Å²) in [6, 6.07) is 15.3. The molecule has 0 fully saturated rings. The van der Waals surface area contributed by atoms with E-state index in [1.165, 1.54) is 0 Å². The van der Waals surface area contributed by atoms with E-state index >= 15 is 0 Å². The highest BCUT2D eigenvalue weighted by Gasteiger charge is 2.39. The lowest BCUT2D eigenvalue weighted by molar-refractivity contribution is -0.141. The van der Waals surface area contributed by atoms with Crippen LogP contribution >= 0.6 is 0 Å². The molecule has 0 aliphatic carbocycles. The quantitative estimate of drug-likeness (QED) is 0.217. The van der Waals surface area contributed by atoms with Crippen LogP contribution in [0.2, 0.25) is 0 Å². The molecule has 2 heterocycles. The zero-order valence-electron chi connectivity index (χ0n) is 28.9. The maximum Gasteiger partial charge on any atom is 0.336 e. The number of hydrogen-bond acceptors (Lipinski definition) is 10. The van der Waals surface area contributed by atoms with E-state index in [2.05, 4.69) is 10.6 Å². The van der Waals surface area contributed by atoms with Gasteiger partial charge < -0.3 is 29.6 Å². The number of dihydropyridines is 2. The van der Waals surface area contributed by atoms with E-state index in [-0.39, 0.29) is 26.4 Å². The second-order valence-electron chi connectivity index (χ2n) is 11.4. The number of benzene rings is 2. The Morgan fingerprint density at radius 3 is 0.896 bits per heavy atom. The molecule has 0 bridgehead atoms. The fraction of sp³-hybridized carbons (Fsp3) is 0.368. The van der Waals surface area contributed by atoms with Gasteiger partial charge in [0.25, 0.3) is 0 Å². The van der Waals surface area contributed by atoms with Gasteiger partial charge in [-0.2, -0.15) is 0 Å². The molecule has 0 amide bonds. The van der Waals surface area contributed by atoms with Crippen molar-refractivity contribution in [2.75, 3.05) is 26.4 Å². The Labute approximate surface area is 281 Å². The third-order valence-corrected chi connectivity index (χ3v) is 8.32. The Morgan fingerprint density at radius 1 is 0.458 bits per heavy atom. The average molecular weight is 657 g/mol. The highest BCUT2D eigenvalue weighted by atomic mass is 16.5. The van der Waals surface area contributed by atoms with Crippen molar-refractivity contribution in [3.8, 4) is 11.1 Å². The van der Waals surface area contributed by atoms with Gasteiger partial charge in [0.15, 0.2) is 0 Å². The van der Waals surface area contributed by atoms with Crippen LogP contribution < -0.4 is 10.6 Å². The van der Waals surface area contributed by atoms with Gasteiger partial charge in [-0.25, -0.2) is 19.2 Å². The number of carbonyl (C=O) groups excluding carboxylic acids is 4. The second kappa shape index (κ2) is 15.6. The first-order valence-electron chi connectivity index (χ1n) is 16.2. The molecule has 10 heteroatoms. The first-order chi connectivity index (χ1) is 23.0. The van der Waals surface area contributed by atoms with Gasteiger partial charge in [0.05, 0.1) is 60.6 Å². The molecular weight excluding hydrogens is 612 g/mol. The number of ether oxygens (including phenoxy) is 4. The minimum absolute atomic E-state index is 0.194. The van der Waals surface area contributed by atoms with E-state index < -0.39 is 35.7 Å². The van der Waals surface area contributed by atoms with Crippen molar-refractivity contribution in [2.45, 2.75) is 67.2 Å². The fourth-order valence-electron chi connectivity index (χ4n) is 6.31. The summed E-state index contributed by atoms with van der Waals surface area (Å²) in [4.78, 5) is 52.6. The molecule has 0 radical (unpaired) electrons. The number of allylic oxidation sites excluding steroid dienone is 4. The van der Waals surface area contributed by atoms with Gasteiger partial charge in [-0.1, -0.05) is 48.5 Å². The molecule has 10 nitrogen and oxygen atoms in total. The Morgan fingerprint density at radius 2 is 0.688 bits per heavy atom. The Kier molecular flexibility index (Phi) is 11.6. The molecule has 2 aliphatic rings. The van der Waals surface area contributed by atoms with Crippen molar-refractivity contribution in [2.24, 2.45) is 0 Å². The van der Waals surface area contributed by atoms with Gasteiger partial charge in [0.2, 0.25) is 0 Å². The van der Waals surface area contributed by atoms with Crippen LogP contribution in [0.15, 0.2) is 93.6 Å². The van der Waals surface area contributed by atoms with Crippen LogP contribution in [-0.4, -0.2) is 50.3 Å². The van der Waals surface area contributed by atoms with Crippen molar-refractivity contribution in [3.63, 3.8) is 0 Å². The molecule has 0 saturated heterocycles. The van der Waals surface area contributed by atoms with Crippen LogP contribution in [0.4, 0.5) is 0 Å². The lowest BCUT2D eigenvalue weighted by Gasteiger charge is -2.30. The minimum atomic E-state index is -0.687. The first kappa shape index (κ1) is 35.7. The normalized spacial score (nSPS) is 15.6. The van der Waals surface area contributed by atoms with E-state index in [1.54, 1.807) is 55.4 Å². The Hall–Kier alpha value is -5.12. The summed E-state index contributed by atoms with van der Waals surface area (Å²) in [5, 5.41) is 6.31. The molecule has 0 unspecified atom stereocenters. The lowest BCUT2D eigenvalue weighted by Crippen LogP contribution is -2.32. The van der Waals surface area contributed by atoms with Crippen molar-refractivity contribution in [3.05, 3.63) is 105 Å². The van der Waals surface area contributed by atoms with Crippen molar-refractivity contribution < 1.29 is 38.1 Å². The van der Waals surface area contributed by atoms with Crippen molar-refractivity contribution >= 4 is 23.9 Å². The van der Waals surface area contributed by atoms with Crippen LogP contribution in [-0.2, 0) is 38.1 Å². The predicted octanol–water partition coefficient (Wildman–Crippen LogP) is 6.08. The van der Waals surface area contributed by atoms with Gasteiger partial charge in [-0.3, -0.25) is 0 Å². The van der Waals surface area contributed by atoms with Gasteiger partial charge in [-0.15, -0.1) is 0 Å². The first-order valence-corrected chi connectivity index (χ1v) is 16.2. The molecular formula is C38H44N2O8. The maximum absolute atomic E-state index is 13.2. The Bertz CT molecular complexity index is 1500. The highest BCUT2D eigenvalue weighted by Crippen LogP contribution is 2.42. The molecule has 0 spiro atoms. The van der Waals surface area contributed by atoms with Gasteiger partial charge in [-0.05, 0) is 77.6 Å². The molecule has 48 heavy (non-hydrogen) atoms. The molecule has 254 valence electrons. The summed E-state index contributed by atoms with van der Waals surface area (Å²) in [6.45, 7) is 14.9. The van der Waals surface area contributed by atoms with E-state index in [9.17, 15) is 19.2 Å². The average Bonchev–Trinajstić information content (AvgIpc) is 3.04. The summed E-state index contributed by atoms with van der Waals surface area (Å²) >= 11 is 0. The van der Waals surface area contributed by atoms with Crippen LogP contribution in [0.3, 0.4) is 0 Å². The smallest absolute Gasteiger partial charge is 0.336 e. The summed E-state index contributed by atoms with van der Waals surface area (Å²) < 4.78 is 21.5. The van der Waals surface area contributed by atoms with Crippen molar-refractivity contribution in [1.82, 2.24) is 10.6 Å². The number of esters is 4. The van der Waals surface area contributed by atoms with Crippen LogP contribution in [0.1, 0.15) is 78.4 Å². The second-order valence-corrected chi connectivity index (χ2v) is 11.4. The van der Waals surface area contributed by atoms with Crippen LogP contribution in [0.5, 0.6) is 0 Å². The minimum Gasteiger partial charge on any atom is -0.463 e. The zero-order valence-corrected chi connectivity index (χ0v) is 28.9. The molecule has 0 saturated carbocycles. The van der Waals surface area contributed by atoms with Gasteiger partial charge in [0.1, 0.15) is 0 Å². The summed E-state index contributed by atoms with van der Waals surface area (Å²) in [7, 11) is 0. The fourth-order valence-corrected chi connectivity index (χ4v) is 6.31. The molecule has 0 atom stereocenters. The molecule has 2 aromatic rings. The number of carbonyl (C=O) groups is 4. The third-order valence-electron chi connectivity index (χ3n) is 8.32. The summed E-state index contributed by atoms with van der Waals surface area (Å²) in [6.07, 6.45) is 0. The number of rotatable bonds is 11. The highest BCUT2D eigenvalue weighted by molar-refractivity contribution is 6.01.